The molecule has 378 valence electrons. The molecule has 0 radical (unpaired) electrons. The SMILES string of the molecule is N/C(=C\N(N)CC(=O)N1C[C@H](F)C[C@H]1C(=O)N[C@@H](c1ccccc1)c1ccc(C2CC2)c(F)n1)OCCOc1cn(CC(=O)N2C[C@H](F)C[C@H]2C(=O)N[C@@H](c2ccccc2)c2ccc(C3CC3)c(F)n2)nn1. The van der Waals surface area contributed by atoms with Gasteiger partial charge in [-0.2, -0.15) is 8.78 Å². The molecule has 6 atom stereocenters. The van der Waals surface area contributed by atoms with E-state index in [-0.39, 0.29) is 74.1 Å². The summed E-state index contributed by atoms with van der Waals surface area (Å²) >= 11 is 0. The molecule has 5 heterocycles. The second-order valence-corrected chi connectivity index (χ2v) is 18.4. The van der Waals surface area contributed by atoms with Crippen molar-refractivity contribution in [3.63, 3.8) is 0 Å². The van der Waals surface area contributed by atoms with Gasteiger partial charge in [0.05, 0.1) is 49.0 Å². The maximum Gasteiger partial charge on any atom is 0.253 e. The van der Waals surface area contributed by atoms with Gasteiger partial charge in [-0.25, -0.2) is 29.3 Å². The van der Waals surface area contributed by atoms with Crippen LogP contribution in [0.1, 0.15) is 96.1 Å². The molecule has 18 nitrogen and oxygen atoms in total. The minimum atomic E-state index is -1.49. The maximum atomic E-state index is 15.1. The minimum absolute atomic E-state index is 0.0117. The van der Waals surface area contributed by atoms with Crippen LogP contribution in [0.3, 0.4) is 0 Å². The van der Waals surface area contributed by atoms with Crippen molar-refractivity contribution in [1.29, 1.82) is 0 Å². The molecule has 4 fully saturated rings. The quantitative estimate of drug-likeness (QED) is 0.0215. The first kappa shape index (κ1) is 49.4. The zero-order chi connectivity index (χ0) is 50.5. The molecule has 2 saturated heterocycles. The average molecular weight is 995 g/mol. The van der Waals surface area contributed by atoms with Gasteiger partial charge < -0.3 is 40.6 Å². The lowest BCUT2D eigenvalue weighted by Gasteiger charge is -2.27. The number of rotatable bonds is 20. The number of likely N-dealkylation sites (tertiary alicyclic amines) is 2. The third kappa shape index (κ3) is 11.9. The lowest BCUT2D eigenvalue weighted by atomic mass is 10.0. The molecule has 6 N–H and O–H groups in total. The van der Waals surface area contributed by atoms with Crippen LogP contribution in [0.15, 0.2) is 103 Å². The van der Waals surface area contributed by atoms with Crippen molar-refractivity contribution in [2.24, 2.45) is 11.6 Å². The van der Waals surface area contributed by atoms with Gasteiger partial charge in [-0.3, -0.25) is 19.2 Å². The number of alkyl halides is 2. The van der Waals surface area contributed by atoms with E-state index < -0.39 is 85.1 Å². The van der Waals surface area contributed by atoms with Crippen molar-refractivity contribution >= 4 is 23.6 Å². The number of hydrogen-bond donors (Lipinski definition) is 4. The predicted molar refractivity (Wildman–Crippen MR) is 250 cm³/mol. The fourth-order valence-electron chi connectivity index (χ4n) is 9.13. The Kier molecular flexibility index (Phi) is 14.9. The van der Waals surface area contributed by atoms with Crippen LogP contribution in [-0.4, -0.2) is 121 Å². The third-order valence-electron chi connectivity index (χ3n) is 13.0. The first-order chi connectivity index (χ1) is 34.8. The topological polar surface area (TPSA) is 229 Å². The van der Waals surface area contributed by atoms with Crippen molar-refractivity contribution in [3.05, 3.63) is 149 Å². The lowest BCUT2D eigenvalue weighted by molar-refractivity contribution is -0.139. The Morgan fingerprint density at radius 3 is 1.71 bits per heavy atom. The Morgan fingerprint density at radius 2 is 1.22 bits per heavy atom. The predicted octanol–water partition coefficient (Wildman–Crippen LogP) is 4.12. The summed E-state index contributed by atoms with van der Waals surface area (Å²) in [5.41, 5.74) is 8.82. The number of ether oxygens (including phenoxy) is 2. The van der Waals surface area contributed by atoms with Crippen LogP contribution in [-0.2, 0) is 30.5 Å². The molecule has 5 aromatic rings. The summed E-state index contributed by atoms with van der Waals surface area (Å²) in [5, 5.41) is 14.5. The standard InChI is InChI=1S/C50H54F4N12O6/c51-33-21-39(49(69)59-45(31-7-3-1-4-8-31)37-17-15-35(29-11-12-29)47(53)57-37)65(23-33)43(67)27-63(56)25-41(55)71-19-20-72-42-26-64(62-61-42)28-44(68)66-24-34(52)22-40(66)50(70)60-46(32-9-5-2-6-10-32)38-18-16-36(30-13-14-30)48(54)58-38/h1-10,15-18,25-26,29-30,33-34,39-40,45-46H,11-14,19-24,27-28,55-56H2,(H,59,69)(H,60,70)/b41-25+/t33-,34-,39+,40+,45+,46+/m1/s1. The van der Waals surface area contributed by atoms with Crippen LogP contribution in [0.4, 0.5) is 17.6 Å². The van der Waals surface area contributed by atoms with Crippen LogP contribution in [0.5, 0.6) is 5.88 Å². The first-order valence-electron chi connectivity index (χ1n) is 23.8. The van der Waals surface area contributed by atoms with Crippen molar-refractivity contribution in [3.8, 4) is 5.88 Å². The second-order valence-electron chi connectivity index (χ2n) is 18.4. The van der Waals surface area contributed by atoms with E-state index in [1.54, 1.807) is 84.9 Å². The van der Waals surface area contributed by atoms with E-state index in [0.717, 1.165) is 46.7 Å². The molecule has 4 aliphatic rings. The number of carbonyl (C=O) groups is 4. The molecular weight excluding hydrogens is 941 g/mol. The smallest absolute Gasteiger partial charge is 0.253 e. The van der Waals surface area contributed by atoms with E-state index in [0.29, 0.717) is 22.3 Å². The monoisotopic (exact) mass is 994 g/mol. The number of carbonyl (C=O) groups excluding carboxylic acids is 4. The van der Waals surface area contributed by atoms with Crippen LogP contribution >= 0.6 is 0 Å². The highest BCUT2D eigenvalue weighted by molar-refractivity contribution is 5.90. The Labute approximate surface area is 411 Å². The van der Waals surface area contributed by atoms with Crippen molar-refractivity contribution in [2.45, 2.75) is 93.4 Å². The van der Waals surface area contributed by atoms with Gasteiger partial charge in [-0.05, 0) is 60.8 Å². The Morgan fingerprint density at radius 1 is 0.722 bits per heavy atom. The van der Waals surface area contributed by atoms with Gasteiger partial charge in [0.25, 0.3) is 5.88 Å². The van der Waals surface area contributed by atoms with Crippen LogP contribution in [0.25, 0.3) is 0 Å². The molecular formula is C50H54F4N12O6. The summed E-state index contributed by atoms with van der Waals surface area (Å²) < 4.78 is 72.1. The number of nitrogens with one attached hydrogen (secondary N) is 2. The zero-order valence-electron chi connectivity index (χ0n) is 39.0. The summed E-state index contributed by atoms with van der Waals surface area (Å²) in [7, 11) is 0. The van der Waals surface area contributed by atoms with E-state index in [2.05, 4.69) is 30.9 Å². The summed E-state index contributed by atoms with van der Waals surface area (Å²) in [6, 6.07) is 20.3. The summed E-state index contributed by atoms with van der Waals surface area (Å²) in [6.07, 6.45) is 2.55. The number of halogens is 4. The van der Waals surface area contributed by atoms with Gasteiger partial charge in [-0.1, -0.05) is 83.1 Å². The van der Waals surface area contributed by atoms with Crippen LogP contribution in [0, 0.1) is 11.9 Å². The third-order valence-corrected chi connectivity index (χ3v) is 13.0. The number of amides is 4. The van der Waals surface area contributed by atoms with Gasteiger partial charge >= 0.3 is 0 Å². The molecule has 2 saturated carbocycles. The molecule has 0 bridgehead atoms. The van der Waals surface area contributed by atoms with Gasteiger partial charge in [-0.15, -0.1) is 0 Å². The molecule has 2 aromatic carbocycles. The summed E-state index contributed by atoms with van der Waals surface area (Å²) in [5.74, 6) is 2.38. The molecule has 2 aliphatic heterocycles. The van der Waals surface area contributed by atoms with Crippen molar-refractivity contribution in [1.82, 2.24) is 50.4 Å². The first-order valence-corrected chi connectivity index (χ1v) is 23.8. The van der Waals surface area contributed by atoms with E-state index in [1.165, 1.54) is 10.9 Å². The second kappa shape index (κ2) is 21.8. The number of hydrogen-bond acceptors (Lipinski definition) is 13. The largest absolute Gasteiger partial charge is 0.475 e. The molecule has 3 aromatic heterocycles. The average Bonchev–Trinajstić information content (AvgIpc) is 4.28. The van der Waals surface area contributed by atoms with Gasteiger partial charge in [0.1, 0.15) is 50.7 Å². The van der Waals surface area contributed by atoms with E-state index in [9.17, 15) is 28.0 Å². The Bertz CT molecular complexity index is 2780. The molecule has 2 aliphatic carbocycles. The van der Waals surface area contributed by atoms with E-state index >= 15 is 8.78 Å². The number of benzene rings is 2. The molecule has 4 amide bonds. The number of hydrazine groups is 1. The van der Waals surface area contributed by atoms with Gasteiger partial charge in [0.2, 0.25) is 41.4 Å². The van der Waals surface area contributed by atoms with Gasteiger partial charge in [0.15, 0.2) is 0 Å². The molecule has 0 unspecified atom stereocenters. The summed E-state index contributed by atoms with van der Waals surface area (Å²) in [4.78, 5) is 65.1. The Balaban J connectivity index is 0.739. The number of nitrogens with zero attached hydrogens (tertiary/aromatic N) is 8. The number of pyridine rings is 2. The maximum absolute atomic E-state index is 15.1. The minimum Gasteiger partial charge on any atom is -0.475 e. The molecule has 22 heteroatoms. The highest BCUT2D eigenvalue weighted by atomic mass is 19.1. The highest BCUT2D eigenvalue weighted by Gasteiger charge is 2.43. The fraction of sp³-hybridized carbons (Fsp3) is 0.400. The zero-order valence-corrected chi connectivity index (χ0v) is 39.0. The normalized spacial score (nSPS) is 20.7. The van der Waals surface area contributed by atoms with Crippen molar-refractivity contribution in [2.75, 3.05) is 32.8 Å². The lowest BCUT2D eigenvalue weighted by Crippen LogP contribution is -2.50. The molecule has 72 heavy (non-hydrogen) atoms. The van der Waals surface area contributed by atoms with E-state index in [4.69, 9.17) is 21.1 Å². The van der Waals surface area contributed by atoms with Gasteiger partial charge in [0, 0.05) is 24.0 Å². The number of aromatic nitrogens is 5. The Hall–Kier alpha value is -7.62. The van der Waals surface area contributed by atoms with Crippen molar-refractivity contribution < 1.29 is 46.2 Å². The number of nitrogens with two attached hydrogens (primary N) is 2. The fourth-order valence-corrected chi connectivity index (χ4v) is 9.13. The molecule has 9 rings (SSSR count). The van der Waals surface area contributed by atoms with E-state index in [1.807, 2.05) is 0 Å². The highest BCUT2D eigenvalue weighted by Crippen LogP contribution is 2.42. The van der Waals surface area contributed by atoms with Crippen LogP contribution < -0.4 is 26.9 Å². The summed E-state index contributed by atoms with van der Waals surface area (Å²) in [6.45, 7) is -1.79. The molecule has 0 spiro atoms. The van der Waals surface area contributed by atoms with Crippen LogP contribution in [0.2, 0.25) is 0 Å².